The Morgan fingerprint density at radius 1 is 1.19 bits per heavy atom. The minimum absolute atomic E-state index is 0.112. The Hall–Kier alpha value is -2.36. The summed E-state index contributed by atoms with van der Waals surface area (Å²) in [6, 6.07) is 12.7. The Morgan fingerprint density at radius 3 is 2.43 bits per heavy atom. The SMILES string of the molecule is CCc1ccc(N(C)Cc2ccc(F)cc2C(=N)N)cc1. The molecule has 0 aromatic heterocycles. The Kier molecular flexibility index (Phi) is 4.58. The fraction of sp³-hybridized carbons (Fsp3) is 0.235. The van der Waals surface area contributed by atoms with Gasteiger partial charge in [0.25, 0.3) is 0 Å². The first-order valence-corrected chi connectivity index (χ1v) is 6.94. The lowest BCUT2D eigenvalue weighted by molar-refractivity contribution is 0.626. The summed E-state index contributed by atoms with van der Waals surface area (Å²) < 4.78 is 13.3. The summed E-state index contributed by atoms with van der Waals surface area (Å²) in [5, 5.41) is 7.57. The van der Waals surface area contributed by atoms with Crippen LogP contribution in [0.15, 0.2) is 42.5 Å². The molecule has 0 saturated heterocycles. The summed E-state index contributed by atoms with van der Waals surface area (Å²) in [7, 11) is 1.97. The molecule has 3 N–H and O–H groups in total. The summed E-state index contributed by atoms with van der Waals surface area (Å²) in [6.07, 6.45) is 1.01. The molecule has 0 bridgehead atoms. The monoisotopic (exact) mass is 285 g/mol. The molecule has 0 radical (unpaired) electrons. The number of anilines is 1. The summed E-state index contributed by atoms with van der Waals surface area (Å²) >= 11 is 0. The van der Waals surface area contributed by atoms with Crippen molar-refractivity contribution in [3.05, 3.63) is 65.0 Å². The summed E-state index contributed by atoms with van der Waals surface area (Å²) in [5.41, 5.74) is 9.19. The van der Waals surface area contributed by atoms with E-state index in [9.17, 15) is 4.39 Å². The van der Waals surface area contributed by atoms with Crippen LogP contribution in [0.4, 0.5) is 10.1 Å². The summed E-state index contributed by atoms with van der Waals surface area (Å²) in [6.45, 7) is 2.69. The van der Waals surface area contributed by atoms with E-state index in [0.29, 0.717) is 12.1 Å². The number of aryl methyl sites for hydroxylation is 1. The predicted molar refractivity (Wildman–Crippen MR) is 85.3 cm³/mol. The summed E-state index contributed by atoms with van der Waals surface area (Å²) in [4.78, 5) is 2.05. The molecule has 2 aromatic rings. The van der Waals surface area contributed by atoms with Crippen molar-refractivity contribution in [2.45, 2.75) is 19.9 Å². The molecular weight excluding hydrogens is 265 g/mol. The molecule has 0 heterocycles. The van der Waals surface area contributed by atoms with E-state index in [-0.39, 0.29) is 11.7 Å². The van der Waals surface area contributed by atoms with E-state index in [4.69, 9.17) is 11.1 Å². The number of nitrogens with one attached hydrogen (secondary N) is 1. The quantitative estimate of drug-likeness (QED) is 0.654. The average Bonchev–Trinajstić information content (AvgIpc) is 2.49. The van der Waals surface area contributed by atoms with Crippen molar-refractivity contribution >= 4 is 11.5 Å². The van der Waals surface area contributed by atoms with Crippen molar-refractivity contribution in [3.63, 3.8) is 0 Å². The largest absolute Gasteiger partial charge is 0.384 e. The normalized spacial score (nSPS) is 10.4. The van der Waals surface area contributed by atoms with Gasteiger partial charge in [-0.15, -0.1) is 0 Å². The molecule has 0 spiro atoms. The van der Waals surface area contributed by atoms with Crippen molar-refractivity contribution in [1.29, 1.82) is 5.41 Å². The van der Waals surface area contributed by atoms with Gasteiger partial charge in [-0.1, -0.05) is 25.1 Å². The van der Waals surface area contributed by atoms with Crippen LogP contribution in [0.25, 0.3) is 0 Å². The van der Waals surface area contributed by atoms with Crippen LogP contribution in [-0.2, 0) is 13.0 Å². The number of nitrogen functional groups attached to an aromatic ring is 1. The molecule has 2 aromatic carbocycles. The molecule has 0 amide bonds. The second-order valence-electron chi connectivity index (χ2n) is 5.09. The average molecular weight is 285 g/mol. The van der Waals surface area contributed by atoms with Crippen molar-refractivity contribution in [2.75, 3.05) is 11.9 Å². The van der Waals surface area contributed by atoms with Gasteiger partial charge in [-0.25, -0.2) is 4.39 Å². The predicted octanol–water partition coefficient (Wildman–Crippen LogP) is 3.31. The van der Waals surface area contributed by atoms with E-state index in [1.165, 1.54) is 17.7 Å². The van der Waals surface area contributed by atoms with Crippen molar-refractivity contribution in [2.24, 2.45) is 5.73 Å². The maximum atomic E-state index is 13.3. The second-order valence-corrected chi connectivity index (χ2v) is 5.09. The first-order chi connectivity index (χ1) is 10.0. The zero-order chi connectivity index (χ0) is 15.4. The Morgan fingerprint density at radius 2 is 1.86 bits per heavy atom. The molecule has 0 fully saturated rings. The Labute approximate surface area is 124 Å². The van der Waals surface area contributed by atoms with Gasteiger partial charge >= 0.3 is 0 Å². The van der Waals surface area contributed by atoms with Crippen LogP contribution in [0.2, 0.25) is 0 Å². The lowest BCUT2D eigenvalue weighted by Crippen LogP contribution is -2.21. The lowest BCUT2D eigenvalue weighted by atomic mass is 10.1. The fourth-order valence-electron chi connectivity index (χ4n) is 2.27. The van der Waals surface area contributed by atoms with Gasteiger partial charge in [-0.3, -0.25) is 5.41 Å². The Balaban J connectivity index is 2.22. The molecule has 0 aliphatic rings. The Bertz CT molecular complexity index is 635. The molecule has 3 nitrogen and oxygen atoms in total. The third-order valence-corrected chi connectivity index (χ3v) is 3.55. The van der Waals surface area contributed by atoms with E-state index >= 15 is 0 Å². The highest BCUT2D eigenvalue weighted by atomic mass is 19.1. The number of halogens is 1. The maximum absolute atomic E-state index is 13.3. The van der Waals surface area contributed by atoms with Gasteiger partial charge in [0.2, 0.25) is 0 Å². The van der Waals surface area contributed by atoms with Crippen LogP contribution >= 0.6 is 0 Å². The first-order valence-electron chi connectivity index (χ1n) is 6.94. The molecule has 21 heavy (non-hydrogen) atoms. The highest BCUT2D eigenvalue weighted by molar-refractivity contribution is 5.96. The van der Waals surface area contributed by atoms with Gasteiger partial charge in [0.05, 0.1) is 0 Å². The number of nitrogens with zero attached hydrogens (tertiary/aromatic N) is 1. The smallest absolute Gasteiger partial charge is 0.123 e. The van der Waals surface area contributed by atoms with Crippen LogP contribution in [-0.4, -0.2) is 12.9 Å². The van der Waals surface area contributed by atoms with E-state index in [1.807, 2.05) is 7.05 Å². The third kappa shape index (κ3) is 3.60. The van der Waals surface area contributed by atoms with Gasteiger partial charge in [-0.05, 0) is 41.8 Å². The van der Waals surface area contributed by atoms with Crippen LogP contribution < -0.4 is 10.6 Å². The van der Waals surface area contributed by atoms with Crippen molar-refractivity contribution in [3.8, 4) is 0 Å². The van der Waals surface area contributed by atoms with E-state index in [0.717, 1.165) is 17.7 Å². The number of amidine groups is 1. The zero-order valence-corrected chi connectivity index (χ0v) is 12.4. The standard InChI is InChI=1S/C17H20FN3/c1-3-12-4-8-15(9-5-12)21(2)11-13-6-7-14(18)10-16(13)17(19)20/h4-10H,3,11H2,1-2H3,(H3,19,20). The topological polar surface area (TPSA) is 53.1 Å². The third-order valence-electron chi connectivity index (χ3n) is 3.55. The molecule has 0 aliphatic heterocycles. The number of benzene rings is 2. The molecule has 4 heteroatoms. The van der Waals surface area contributed by atoms with Gasteiger partial charge in [0.15, 0.2) is 0 Å². The number of hydrogen-bond acceptors (Lipinski definition) is 2. The van der Waals surface area contributed by atoms with Crippen molar-refractivity contribution in [1.82, 2.24) is 0 Å². The minimum atomic E-state index is -0.376. The first kappa shape index (κ1) is 15.0. The molecule has 110 valence electrons. The minimum Gasteiger partial charge on any atom is -0.384 e. The van der Waals surface area contributed by atoms with Crippen LogP contribution in [0.5, 0.6) is 0 Å². The van der Waals surface area contributed by atoms with Gasteiger partial charge in [0, 0.05) is 24.8 Å². The highest BCUT2D eigenvalue weighted by Crippen LogP contribution is 2.19. The van der Waals surface area contributed by atoms with E-state index in [2.05, 4.69) is 36.1 Å². The fourth-order valence-corrected chi connectivity index (χ4v) is 2.27. The summed E-state index contributed by atoms with van der Waals surface area (Å²) in [5.74, 6) is -0.488. The van der Waals surface area contributed by atoms with Crippen molar-refractivity contribution < 1.29 is 4.39 Å². The lowest BCUT2D eigenvalue weighted by Gasteiger charge is -2.21. The van der Waals surface area contributed by atoms with E-state index in [1.54, 1.807) is 6.07 Å². The second kappa shape index (κ2) is 6.39. The van der Waals surface area contributed by atoms with E-state index < -0.39 is 0 Å². The van der Waals surface area contributed by atoms with Gasteiger partial charge in [0.1, 0.15) is 11.7 Å². The number of hydrogen-bond donors (Lipinski definition) is 2. The zero-order valence-electron chi connectivity index (χ0n) is 12.4. The molecule has 0 atom stereocenters. The van der Waals surface area contributed by atoms with Gasteiger partial charge < -0.3 is 10.6 Å². The number of rotatable bonds is 5. The molecule has 0 saturated carbocycles. The molecule has 0 unspecified atom stereocenters. The molecule has 0 aliphatic carbocycles. The van der Waals surface area contributed by atoms with Crippen LogP contribution in [0.3, 0.4) is 0 Å². The highest BCUT2D eigenvalue weighted by Gasteiger charge is 2.10. The maximum Gasteiger partial charge on any atom is 0.123 e. The molecule has 2 rings (SSSR count). The van der Waals surface area contributed by atoms with Gasteiger partial charge in [-0.2, -0.15) is 0 Å². The number of nitrogens with two attached hydrogens (primary N) is 1. The van der Waals surface area contributed by atoms with Crippen LogP contribution in [0, 0.1) is 11.2 Å². The van der Waals surface area contributed by atoms with Crippen LogP contribution in [0.1, 0.15) is 23.6 Å². The molecular formula is C17H20FN3.